The lowest BCUT2D eigenvalue weighted by Gasteiger charge is -2.15. The Hall–Kier alpha value is -3.47. The van der Waals surface area contributed by atoms with E-state index in [1.54, 1.807) is 26.2 Å². The van der Waals surface area contributed by atoms with Gasteiger partial charge in [-0.3, -0.25) is 10.1 Å². The van der Waals surface area contributed by atoms with Crippen molar-refractivity contribution in [3.63, 3.8) is 0 Å². The summed E-state index contributed by atoms with van der Waals surface area (Å²) in [5, 5.41) is 22.8. The molecule has 0 spiro atoms. The average molecular weight is 410 g/mol. The Balaban J connectivity index is 2.16. The summed E-state index contributed by atoms with van der Waals surface area (Å²) in [7, 11) is 3.08. The van der Waals surface area contributed by atoms with E-state index >= 15 is 0 Å². The number of nitrogens with one attached hydrogen (secondary N) is 1. The van der Waals surface area contributed by atoms with Crippen molar-refractivity contribution in [1.29, 1.82) is 0 Å². The Bertz CT molecular complexity index is 890. The lowest BCUT2D eigenvalue weighted by molar-refractivity contribution is -0.384. The molecule has 28 heavy (non-hydrogen) atoms. The number of amides is 1. The van der Waals surface area contributed by atoms with Crippen LogP contribution in [0.3, 0.4) is 0 Å². The predicted molar refractivity (Wildman–Crippen MR) is 98.6 cm³/mol. The highest BCUT2D eigenvalue weighted by Crippen LogP contribution is 2.24. The fourth-order valence-electron chi connectivity index (χ4n) is 2.08. The van der Waals surface area contributed by atoms with Crippen molar-refractivity contribution in [3.8, 4) is 5.75 Å². The van der Waals surface area contributed by atoms with E-state index in [4.69, 9.17) is 16.3 Å². The molecule has 2 N–H and O–H groups in total. The number of halogens is 1. The number of carboxylic acid groups (broad SMARTS) is 1. The van der Waals surface area contributed by atoms with Crippen molar-refractivity contribution in [2.45, 2.75) is 12.5 Å². The molecule has 12 heteroatoms. The molecule has 148 valence electrons. The van der Waals surface area contributed by atoms with Crippen LogP contribution >= 0.6 is 11.6 Å². The van der Waals surface area contributed by atoms with E-state index in [0.29, 0.717) is 11.3 Å². The third-order valence-electron chi connectivity index (χ3n) is 3.48. The lowest BCUT2D eigenvalue weighted by Crippen LogP contribution is -2.32. The highest BCUT2D eigenvalue weighted by atomic mass is 35.5. The van der Waals surface area contributed by atoms with Crippen molar-refractivity contribution >= 4 is 35.2 Å². The number of carboxylic acids is 1. The van der Waals surface area contributed by atoms with Gasteiger partial charge < -0.3 is 20.1 Å². The van der Waals surface area contributed by atoms with Gasteiger partial charge >= 0.3 is 17.7 Å². The van der Waals surface area contributed by atoms with Gasteiger partial charge in [0.2, 0.25) is 11.1 Å². The first-order valence-electron chi connectivity index (χ1n) is 7.81. The van der Waals surface area contributed by atoms with Crippen LogP contribution in [0, 0.1) is 10.1 Å². The first-order chi connectivity index (χ1) is 13.2. The fraction of sp³-hybridized carbons (Fsp3) is 0.250. The number of aliphatic carboxylic acids is 1. The minimum atomic E-state index is -1.24. The van der Waals surface area contributed by atoms with Gasteiger partial charge in [-0.25, -0.2) is 14.6 Å². The molecular formula is C16H16ClN5O6. The molecule has 1 atom stereocenters. The number of aromatic nitrogens is 2. The molecule has 2 aromatic rings. The molecule has 0 aliphatic carbocycles. The highest BCUT2D eigenvalue weighted by Gasteiger charge is 2.24. The summed E-state index contributed by atoms with van der Waals surface area (Å²) in [6, 6.07) is 4.97. The zero-order valence-electron chi connectivity index (χ0n) is 14.8. The molecule has 1 amide bonds. The molecule has 1 aromatic heterocycles. The standard InChI is InChI=1S/C16H16ClN5O6/c1-21(2)16(25)28-10-5-3-9(4-6-10)7-11(14(23)24)19-13-12(22(26)27)8-18-15(17)20-13/h3-6,8,11H,7H2,1-2H3,(H,23,24)(H,18,19,20)/t11-/m0/s1. The summed E-state index contributed by atoms with van der Waals surface area (Å²) in [5.74, 6) is -1.25. The molecule has 0 bridgehead atoms. The van der Waals surface area contributed by atoms with Crippen LogP contribution < -0.4 is 10.1 Å². The number of nitro groups is 1. The third kappa shape index (κ3) is 5.51. The molecule has 0 radical (unpaired) electrons. The maximum absolute atomic E-state index is 11.6. The zero-order valence-corrected chi connectivity index (χ0v) is 15.6. The summed E-state index contributed by atoms with van der Waals surface area (Å²) in [6.45, 7) is 0. The molecule has 1 aromatic carbocycles. The van der Waals surface area contributed by atoms with Crippen molar-refractivity contribution in [2.24, 2.45) is 0 Å². The number of ether oxygens (including phenoxy) is 1. The maximum atomic E-state index is 11.6. The molecule has 0 aliphatic heterocycles. The van der Waals surface area contributed by atoms with E-state index in [2.05, 4.69) is 15.3 Å². The molecule has 0 saturated heterocycles. The van der Waals surface area contributed by atoms with E-state index in [1.807, 2.05) is 0 Å². The second-order valence-corrected chi connectivity index (χ2v) is 6.11. The van der Waals surface area contributed by atoms with Gasteiger partial charge in [0.15, 0.2) is 0 Å². The van der Waals surface area contributed by atoms with Crippen LogP contribution in [0.5, 0.6) is 5.75 Å². The normalized spacial score (nSPS) is 11.4. The number of hydrogen-bond donors (Lipinski definition) is 2. The van der Waals surface area contributed by atoms with Gasteiger partial charge in [-0.05, 0) is 29.3 Å². The predicted octanol–water partition coefficient (Wildman–Crippen LogP) is 2.21. The SMILES string of the molecule is CN(C)C(=O)Oc1ccc(C[C@H](Nc2nc(Cl)ncc2[N+](=O)[O-])C(=O)O)cc1. The molecule has 2 rings (SSSR count). The maximum Gasteiger partial charge on any atom is 0.414 e. The Kier molecular flexibility index (Phi) is 6.66. The van der Waals surface area contributed by atoms with Gasteiger partial charge in [0.25, 0.3) is 0 Å². The van der Waals surface area contributed by atoms with E-state index < -0.39 is 28.7 Å². The highest BCUT2D eigenvalue weighted by molar-refractivity contribution is 6.28. The molecule has 11 nitrogen and oxygen atoms in total. The van der Waals surface area contributed by atoms with Crippen LogP contribution in [0.2, 0.25) is 5.28 Å². The summed E-state index contributed by atoms with van der Waals surface area (Å²) < 4.78 is 5.08. The number of rotatable bonds is 7. The summed E-state index contributed by atoms with van der Waals surface area (Å²) in [4.78, 5) is 41.9. The number of benzene rings is 1. The van der Waals surface area contributed by atoms with Gasteiger partial charge in [0.05, 0.1) is 4.92 Å². The van der Waals surface area contributed by atoms with E-state index in [9.17, 15) is 24.8 Å². The van der Waals surface area contributed by atoms with Crippen LogP contribution in [-0.2, 0) is 11.2 Å². The first-order valence-corrected chi connectivity index (χ1v) is 8.19. The van der Waals surface area contributed by atoms with Crippen LogP contribution in [0.15, 0.2) is 30.5 Å². The molecular weight excluding hydrogens is 394 g/mol. The monoisotopic (exact) mass is 409 g/mol. The first kappa shape index (κ1) is 20.8. The Morgan fingerprint density at radius 1 is 1.36 bits per heavy atom. The molecule has 0 fully saturated rings. The van der Waals surface area contributed by atoms with Crippen molar-refractivity contribution < 1.29 is 24.4 Å². The number of carbonyl (C=O) groups excluding carboxylic acids is 1. The number of carbonyl (C=O) groups is 2. The summed E-state index contributed by atoms with van der Waals surface area (Å²) >= 11 is 5.65. The number of hydrogen-bond acceptors (Lipinski definition) is 8. The van der Waals surface area contributed by atoms with E-state index in [0.717, 1.165) is 6.20 Å². The van der Waals surface area contributed by atoms with E-state index in [-0.39, 0.29) is 17.5 Å². The van der Waals surface area contributed by atoms with Crippen LogP contribution in [0.4, 0.5) is 16.3 Å². The largest absolute Gasteiger partial charge is 0.480 e. The minimum absolute atomic E-state index is 0.0178. The second-order valence-electron chi connectivity index (χ2n) is 5.78. The number of anilines is 1. The van der Waals surface area contributed by atoms with Gasteiger partial charge in [0, 0.05) is 20.5 Å². The minimum Gasteiger partial charge on any atom is -0.480 e. The van der Waals surface area contributed by atoms with Crippen molar-refractivity contribution in [1.82, 2.24) is 14.9 Å². The van der Waals surface area contributed by atoms with Gasteiger partial charge in [-0.15, -0.1) is 0 Å². The third-order valence-corrected chi connectivity index (χ3v) is 3.66. The smallest absolute Gasteiger partial charge is 0.414 e. The summed E-state index contributed by atoms with van der Waals surface area (Å²) in [6.07, 6.45) is 0.325. The van der Waals surface area contributed by atoms with Crippen molar-refractivity contribution in [3.05, 3.63) is 51.4 Å². The topological polar surface area (TPSA) is 148 Å². The average Bonchev–Trinajstić information content (AvgIpc) is 2.62. The molecule has 0 saturated carbocycles. The quantitative estimate of drug-likeness (QED) is 0.398. The Morgan fingerprint density at radius 2 is 2.00 bits per heavy atom. The van der Waals surface area contributed by atoms with Gasteiger partial charge in [0.1, 0.15) is 18.0 Å². The molecule has 0 aliphatic rings. The Morgan fingerprint density at radius 3 is 2.54 bits per heavy atom. The van der Waals surface area contributed by atoms with Gasteiger partial charge in [-0.2, -0.15) is 4.98 Å². The van der Waals surface area contributed by atoms with E-state index in [1.165, 1.54) is 17.0 Å². The number of nitrogens with zero attached hydrogens (tertiary/aromatic N) is 4. The zero-order chi connectivity index (χ0) is 20.8. The fourth-order valence-corrected chi connectivity index (χ4v) is 2.21. The van der Waals surface area contributed by atoms with Crippen LogP contribution in [0.1, 0.15) is 5.56 Å². The van der Waals surface area contributed by atoms with Crippen LogP contribution in [0.25, 0.3) is 0 Å². The molecule has 1 heterocycles. The van der Waals surface area contributed by atoms with Crippen molar-refractivity contribution in [2.75, 3.05) is 19.4 Å². The lowest BCUT2D eigenvalue weighted by atomic mass is 10.1. The summed E-state index contributed by atoms with van der Waals surface area (Å²) in [5.41, 5.74) is 0.0916. The van der Waals surface area contributed by atoms with Gasteiger partial charge in [-0.1, -0.05) is 12.1 Å². The molecule has 0 unspecified atom stereocenters. The Labute approximate surface area is 164 Å². The van der Waals surface area contributed by atoms with Crippen LogP contribution in [-0.4, -0.2) is 57.1 Å². The second kappa shape index (κ2) is 8.95.